The first-order chi connectivity index (χ1) is 14.3. The maximum Gasteiger partial charge on any atom is 0.119 e. The SMILES string of the molecule is CCCCCC1CCC(c2ccc(OCCCC3CCC(CC)CC3)cc2)CC1. The Bertz CT molecular complexity index is 532. The zero-order valence-electron chi connectivity index (χ0n) is 19.3. The molecule has 0 unspecified atom stereocenters. The maximum atomic E-state index is 6.05. The van der Waals surface area contributed by atoms with Gasteiger partial charge in [-0.3, -0.25) is 0 Å². The van der Waals surface area contributed by atoms with E-state index in [2.05, 4.69) is 38.1 Å². The van der Waals surface area contributed by atoms with Crippen LogP contribution in [0.5, 0.6) is 5.75 Å². The van der Waals surface area contributed by atoms with Gasteiger partial charge < -0.3 is 4.74 Å². The minimum Gasteiger partial charge on any atom is -0.494 e. The summed E-state index contributed by atoms with van der Waals surface area (Å²) < 4.78 is 6.05. The molecule has 0 saturated heterocycles. The first-order valence-corrected chi connectivity index (χ1v) is 13.0. The molecule has 2 aliphatic carbocycles. The molecule has 0 radical (unpaired) electrons. The molecular formula is C28H46O. The van der Waals surface area contributed by atoms with Gasteiger partial charge >= 0.3 is 0 Å². The van der Waals surface area contributed by atoms with Crippen LogP contribution in [0.3, 0.4) is 0 Å². The Morgan fingerprint density at radius 1 is 0.690 bits per heavy atom. The molecule has 0 N–H and O–H groups in total. The van der Waals surface area contributed by atoms with Crippen LogP contribution < -0.4 is 4.74 Å². The molecule has 1 aromatic rings. The Balaban J connectivity index is 1.30. The molecule has 0 spiro atoms. The summed E-state index contributed by atoms with van der Waals surface area (Å²) in [5.74, 6) is 4.82. The Morgan fingerprint density at radius 3 is 1.90 bits per heavy atom. The van der Waals surface area contributed by atoms with Gasteiger partial charge in [0.2, 0.25) is 0 Å². The first kappa shape index (κ1) is 22.7. The predicted octanol–water partition coefficient (Wildman–Crippen LogP) is 8.92. The smallest absolute Gasteiger partial charge is 0.119 e. The lowest BCUT2D eigenvalue weighted by Gasteiger charge is -2.29. The van der Waals surface area contributed by atoms with Crippen molar-refractivity contribution in [3.05, 3.63) is 29.8 Å². The van der Waals surface area contributed by atoms with Crippen molar-refractivity contribution in [3.63, 3.8) is 0 Å². The normalized spacial score (nSPS) is 27.7. The van der Waals surface area contributed by atoms with Crippen molar-refractivity contribution < 1.29 is 4.74 Å². The molecule has 3 rings (SSSR count). The fourth-order valence-electron chi connectivity index (χ4n) is 5.79. The molecule has 1 aromatic carbocycles. The van der Waals surface area contributed by atoms with Gasteiger partial charge in [0.05, 0.1) is 6.61 Å². The van der Waals surface area contributed by atoms with Crippen molar-refractivity contribution in [2.24, 2.45) is 17.8 Å². The van der Waals surface area contributed by atoms with Crippen molar-refractivity contribution in [1.29, 1.82) is 0 Å². The molecule has 2 aliphatic rings. The monoisotopic (exact) mass is 398 g/mol. The van der Waals surface area contributed by atoms with Crippen molar-refractivity contribution in [3.8, 4) is 5.75 Å². The van der Waals surface area contributed by atoms with E-state index in [1.54, 1.807) is 0 Å². The molecule has 0 heterocycles. The lowest BCUT2D eigenvalue weighted by Crippen LogP contribution is -2.14. The van der Waals surface area contributed by atoms with Crippen LogP contribution in [0.4, 0.5) is 0 Å². The third-order valence-corrected chi connectivity index (χ3v) is 7.98. The van der Waals surface area contributed by atoms with Crippen molar-refractivity contribution >= 4 is 0 Å². The van der Waals surface area contributed by atoms with Gasteiger partial charge in [-0.1, -0.05) is 83.8 Å². The second kappa shape index (κ2) is 12.7. The minimum atomic E-state index is 0.782. The Morgan fingerprint density at radius 2 is 1.28 bits per heavy atom. The van der Waals surface area contributed by atoms with Crippen LogP contribution in [-0.4, -0.2) is 6.61 Å². The fourth-order valence-corrected chi connectivity index (χ4v) is 5.79. The summed E-state index contributed by atoms with van der Waals surface area (Å²) >= 11 is 0. The number of ether oxygens (including phenoxy) is 1. The van der Waals surface area contributed by atoms with E-state index >= 15 is 0 Å². The first-order valence-electron chi connectivity index (χ1n) is 13.0. The zero-order chi connectivity index (χ0) is 20.3. The predicted molar refractivity (Wildman–Crippen MR) is 126 cm³/mol. The van der Waals surface area contributed by atoms with E-state index in [-0.39, 0.29) is 0 Å². The number of unbranched alkanes of at least 4 members (excludes halogenated alkanes) is 2. The van der Waals surface area contributed by atoms with Crippen molar-refractivity contribution in [1.82, 2.24) is 0 Å². The van der Waals surface area contributed by atoms with Crippen LogP contribution in [-0.2, 0) is 0 Å². The number of hydrogen-bond acceptors (Lipinski definition) is 1. The van der Waals surface area contributed by atoms with E-state index in [9.17, 15) is 0 Å². The summed E-state index contributed by atoms with van der Waals surface area (Å²) in [6.45, 7) is 5.54. The van der Waals surface area contributed by atoms with Crippen molar-refractivity contribution in [2.45, 2.75) is 116 Å². The van der Waals surface area contributed by atoms with Gasteiger partial charge in [-0.2, -0.15) is 0 Å². The fraction of sp³-hybridized carbons (Fsp3) is 0.786. The van der Waals surface area contributed by atoms with E-state index in [0.717, 1.165) is 36.0 Å². The van der Waals surface area contributed by atoms with E-state index < -0.39 is 0 Å². The van der Waals surface area contributed by atoms with Crippen LogP contribution in [0.25, 0.3) is 0 Å². The summed E-state index contributed by atoms with van der Waals surface area (Å²) in [6.07, 6.45) is 21.1. The lowest BCUT2D eigenvalue weighted by atomic mass is 9.77. The summed E-state index contributed by atoms with van der Waals surface area (Å²) in [5.41, 5.74) is 1.54. The second-order valence-electron chi connectivity index (χ2n) is 10.1. The number of benzene rings is 1. The number of hydrogen-bond donors (Lipinski definition) is 0. The summed E-state index contributed by atoms with van der Waals surface area (Å²) in [5, 5.41) is 0. The van der Waals surface area contributed by atoms with Gasteiger partial charge in [-0.15, -0.1) is 0 Å². The standard InChI is InChI=1S/C28H46O/c1-3-5-6-8-24-14-16-26(17-15-24)27-18-20-28(21-19-27)29-22-7-9-25-12-10-23(4-2)11-13-25/h18-21,23-26H,3-17,22H2,1-2H3. The van der Waals surface area contributed by atoms with Gasteiger partial charge in [0.25, 0.3) is 0 Å². The topological polar surface area (TPSA) is 9.23 Å². The van der Waals surface area contributed by atoms with Crippen LogP contribution in [0.2, 0.25) is 0 Å². The molecule has 0 amide bonds. The zero-order valence-corrected chi connectivity index (χ0v) is 19.3. The van der Waals surface area contributed by atoms with E-state index in [0.29, 0.717) is 0 Å². The Labute approximate surface area is 181 Å². The van der Waals surface area contributed by atoms with E-state index in [1.165, 1.54) is 102 Å². The average Bonchev–Trinajstić information content (AvgIpc) is 2.78. The molecule has 1 heteroatoms. The Hall–Kier alpha value is -0.980. The Kier molecular flexibility index (Phi) is 9.91. The van der Waals surface area contributed by atoms with Gasteiger partial charge in [-0.25, -0.2) is 0 Å². The lowest BCUT2D eigenvalue weighted by molar-refractivity contribution is 0.234. The molecule has 164 valence electrons. The molecule has 0 aromatic heterocycles. The molecule has 0 atom stereocenters. The highest BCUT2D eigenvalue weighted by molar-refractivity contribution is 5.29. The number of rotatable bonds is 11. The maximum absolute atomic E-state index is 6.05. The molecule has 0 bridgehead atoms. The largest absolute Gasteiger partial charge is 0.494 e. The van der Waals surface area contributed by atoms with E-state index in [1.807, 2.05) is 0 Å². The quantitative estimate of drug-likeness (QED) is 0.338. The molecule has 2 fully saturated rings. The molecule has 0 aliphatic heterocycles. The van der Waals surface area contributed by atoms with Gasteiger partial charge in [0.15, 0.2) is 0 Å². The molecule has 1 nitrogen and oxygen atoms in total. The van der Waals surface area contributed by atoms with Crippen LogP contribution in [0, 0.1) is 17.8 Å². The third kappa shape index (κ3) is 7.65. The molecule has 29 heavy (non-hydrogen) atoms. The van der Waals surface area contributed by atoms with Crippen LogP contribution in [0.15, 0.2) is 24.3 Å². The van der Waals surface area contributed by atoms with Gasteiger partial charge in [-0.05, 0) is 79.9 Å². The molecule has 2 saturated carbocycles. The van der Waals surface area contributed by atoms with Crippen LogP contribution in [0.1, 0.15) is 122 Å². The van der Waals surface area contributed by atoms with Crippen molar-refractivity contribution in [2.75, 3.05) is 6.61 Å². The summed E-state index contributed by atoms with van der Waals surface area (Å²) in [6, 6.07) is 9.11. The molecular weight excluding hydrogens is 352 g/mol. The minimum absolute atomic E-state index is 0.782. The van der Waals surface area contributed by atoms with E-state index in [4.69, 9.17) is 4.74 Å². The second-order valence-corrected chi connectivity index (χ2v) is 10.1. The van der Waals surface area contributed by atoms with Crippen LogP contribution >= 0.6 is 0 Å². The summed E-state index contributed by atoms with van der Waals surface area (Å²) in [4.78, 5) is 0. The van der Waals surface area contributed by atoms with Gasteiger partial charge in [0, 0.05) is 0 Å². The highest BCUT2D eigenvalue weighted by Gasteiger charge is 2.22. The average molecular weight is 399 g/mol. The third-order valence-electron chi connectivity index (χ3n) is 7.98. The highest BCUT2D eigenvalue weighted by Crippen LogP contribution is 2.38. The highest BCUT2D eigenvalue weighted by atomic mass is 16.5. The summed E-state index contributed by atoms with van der Waals surface area (Å²) in [7, 11) is 0. The van der Waals surface area contributed by atoms with Gasteiger partial charge in [0.1, 0.15) is 5.75 Å².